The Kier molecular flexibility index (Phi) is 4.08. The van der Waals surface area contributed by atoms with E-state index in [0.29, 0.717) is 21.2 Å². The first-order chi connectivity index (χ1) is 10.8. The van der Waals surface area contributed by atoms with E-state index in [-0.39, 0.29) is 11.4 Å². The third kappa shape index (κ3) is 3.35. The lowest BCUT2D eigenvalue weighted by molar-refractivity contribution is -0.144. The molecule has 1 heterocycles. The molecule has 2 aromatic carbocycles. The molecule has 0 aliphatic heterocycles. The van der Waals surface area contributed by atoms with Gasteiger partial charge >= 0.3 is 6.18 Å². The van der Waals surface area contributed by atoms with Crippen molar-refractivity contribution in [2.24, 2.45) is 0 Å². The number of nitrogens with zero attached hydrogens (tertiary/aromatic N) is 1. The summed E-state index contributed by atoms with van der Waals surface area (Å²) in [5, 5.41) is 0.832. The summed E-state index contributed by atoms with van der Waals surface area (Å²) in [6.07, 6.45) is -4.58. The van der Waals surface area contributed by atoms with Crippen molar-refractivity contribution in [3.63, 3.8) is 0 Å². The number of alkyl halides is 3. The fourth-order valence-corrected chi connectivity index (χ4v) is 2.59. The van der Waals surface area contributed by atoms with Gasteiger partial charge < -0.3 is 4.98 Å². The Bertz CT molecular complexity index is 794. The minimum absolute atomic E-state index is 0.169. The third-order valence-corrected chi connectivity index (χ3v) is 3.65. The van der Waals surface area contributed by atoms with Crippen LogP contribution in [0.1, 0.15) is 5.82 Å². The summed E-state index contributed by atoms with van der Waals surface area (Å²) in [5.41, 5.74) is 1.40. The number of H-pyrrole nitrogens is 1. The van der Waals surface area contributed by atoms with E-state index >= 15 is 0 Å². The highest BCUT2D eigenvalue weighted by Gasteiger charge is 2.36. The first-order valence-corrected chi connectivity index (χ1v) is 7.29. The molecule has 23 heavy (non-hydrogen) atoms. The number of halogens is 5. The maximum Gasteiger partial charge on any atom is 0.449 e. The molecule has 7 heteroatoms. The van der Waals surface area contributed by atoms with E-state index in [1.807, 2.05) is 0 Å². The Labute approximate surface area is 139 Å². The summed E-state index contributed by atoms with van der Waals surface area (Å²) in [4.78, 5) is 6.06. The quantitative estimate of drug-likeness (QED) is 0.593. The molecule has 0 fully saturated rings. The first kappa shape index (κ1) is 15.9. The lowest BCUT2D eigenvalue weighted by atomic mass is 10.1. The Morgan fingerprint density at radius 3 is 2.00 bits per heavy atom. The number of rotatable bonds is 2. The smallest absolute Gasteiger partial charge is 0.334 e. The van der Waals surface area contributed by atoms with Crippen LogP contribution in [0.4, 0.5) is 13.2 Å². The second-order valence-corrected chi connectivity index (χ2v) is 5.70. The lowest BCUT2D eigenvalue weighted by Gasteiger charge is -2.04. The molecule has 0 amide bonds. The summed E-state index contributed by atoms with van der Waals surface area (Å²) in [7, 11) is 0. The molecule has 3 rings (SSSR count). The molecule has 0 saturated heterocycles. The Morgan fingerprint density at radius 1 is 0.870 bits per heavy atom. The minimum Gasteiger partial charge on any atom is -0.334 e. The molecule has 0 saturated carbocycles. The summed E-state index contributed by atoms with van der Waals surface area (Å²) in [6.45, 7) is 0. The fraction of sp³-hybridized carbons (Fsp3) is 0.0625. The zero-order valence-corrected chi connectivity index (χ0v) is 13.0. The minimum atomic E-state index is -4.58. The molecule has 0 radical (unpaired) electrons. The zero-order chi connectivity index (χ0) is 16.6. The van der Waals surface area contributed by atoms with E-state index in [4.69, 9.17) is 23.2 Å². The number of aromatic nitrogens is 2. The van der Waals surface area contributed by atoms with Crippen molar-refractivity contribution in [1.29, 1.82) is 0 Å². The number of benzene rings is 2. The second kappa shape index (κ2) is 5.91. The maximum atomic E-state index is 13.0. The van der Waals surface area contributed by atoms with E-state index in [1.165, 1.54) is 0 Å². The molecule has 1 aromatic heterocycles. The molecule has 0 spiro atoms. The van der Waals surface area contributed by atoms with Crippen molar-refractivity contribution in [2.45, 2.75) is 6.18 Å². The number of hydrogen-bond acceptors (Lipinski definition) is 1. The van der Waals surface area contributed by atoms with Gasteiger partial charge in [-0.1, -0.05) is 47.5 Å². The van der Waals surface area contributed by atoms with Crippen molar-refractivity contribution in [3.05, 3.63) is 64.4 Å². The van der Waals surface area contributed by atoms with Crippen LogP contribution in [0.15, 0.2) is 48.5 Å². The van der Waals surface area contributed by atoms with Crippen LogP contribution in [-0.2, 0) is 6.18 Å². The van der Waals surface area contributed by atoms with Gasteiger partial charge in [-0.05, 0) is 24.3 Å². The standard InChI is InChI=1S/C16H9Cl2F3N2/c17-11-5-1-3-9(7-11)13-14(10-4-2-6-12(18)8-10)23-15(22-13)16(19,20)21/h1-8H,(H,22,23). The van der Waals surface area contributed by atoms with Gasteiger partial charge in [0, 0.05) is 21.2 Å². The zero-order valence-electron chi connectivity index (χ0n) is 11.5. The van der Waals surface area contributed by atoms with Crippen molar-refractivity contribution < 1.29 is 13.2 Å². The molecule has 0 bridgehead atoms. The molecule has 118 valence electrons. The summed E-state index contributed by atoms with van der Waals surface area (Å²) in [5.74, 6) is -1.07. The van der Waals surface area contributed by atoms with Gasteiger partial charge in [0.1, 0.15) is 0 Å². The molecule has 0 atom stereocenters. The number of aromatic amines is 1. The number of nitrogens with one attached hydrogen (secondary N) is 1. The van der Waals surface area contributed by atoms with Gasteiger partial charge in [0.05, 0.1) is 11.4 Å². The van der Waals surface area contributed by atoms with E-state index in [9.17, 15) is 13.2 Å². The highest BCUT2D eigenvalue weighted by molar-refractivity contribution is 6.31. The third-order valence-electron chi connectivity index (χ3n) is 3.18. The lowest BCUT2D eigenvalue weighted by Crippen LogP contribution is -2.07. The Balaban J connectivity index is 2.23. The normalized spacial score (nSPS) is 11.7. The van der Waals surface area contributed by atoms with Gasteiger partial charge in [0.25, 0.3) is 0 Å². The predicted octanol–water partition coefficient (Wildman–Crippen LogP) is 6.07. The monoisotopic (exact) mass is 356 g/mol. The Morgan fingerprint density at radius 2 is 1.43 bits per heavy atom. The summed E-state index contributed by atoms with van der Waals surface area (Å²) < 4.78 is 39.1. The van der Waals surface area contributed by atoms with E-state index in [2.05, 4.69) is 9.97 Å². The molecule has 0 unspecified atom stereocenters. The van der Waals surface area contributed by atoms with Crippen LogP contribution in [0.25, 0.3) is 22.5 Å². The first-order valence-electron chi connectivity index (χ1n) is 6.53. The van der Waals surface area contributed by atoms with Crippen LogP contribution in [0, 0.1) is 0 Å². The molecule has 0 aliphatic rings. The summed E-state index contributed by atoms with van der Waals surface area (Å²) >= 11 is 11.9. The fourth-order valence-electron chi connectivity index (χ4n) is 2.21. The van der Waals surface area contributed by atoms with E-state index < -0.39 is 12.0 Å². The van der Waals surface area contributed by atoms with Crippen LogP contribution in [0.5, 0.6) is 0 Å². The van der Waals surface area contributed by atoms with Crippen LogP contribution < -0.4 is 0 Å². The van der Waals surface area contributed by atoms with Gasteiger partial charge in [-0.2, -0.15) is 13.2 Å². The summed E-state index contributed by atoms with van der Waals surface area (Å²) in [6, 6.07) is 13.0. The van der Waals surface area contributed by atoms with Gasteiger partial charge in [-0.25, -0.2) is 4.98 Å². The molecular weight excluding hydrogens is 348 g/mol. The van der Waals surface area contributed by atoms with Crippen LogP contribution in [0.3, 0.4) is 0 Å². The number of imidazole rings is 1. The SMILES string of the molecule is FC(F)(F)c1nc(-c2cccc(Cl)c2)c(-c2cccc(Cl)c2)[nH]1. The van der Waals surface area contributed by atoms with Crippen LogP contribution in [0.2, 0.25) is 10.0 Å². The topological polar surface area (TPSA) is 28.7 Å². The highest BCUT2D eigenvalue weighted by Crippen LogP contribution is 2.36. The average molecular weight is 357 g/mol. The Hall–Kier alpha value is -1.98. The molecule has 0 aliphatic carbocycles. The largest absolute Gasteiger partial charge is 0.449 e. The van der Waals surface area contributed by atoms with Crippen LogP contribution in [-0.4, -0.2) is 9.97 Å². The van der Waals surface area contributed by atoms with E-state index in [0.717, 1.165) is 0 Å². The molecule has 2 nitrogen and oxygen atoms in total. The number of hydrogen-bond donors (Lipinski definition) is 1. The van der Waals surface area contributed by atoms with Crippen molar-refractivity contribution >= 4 is 23.2 Å². The van der Waals surface area contributed by atoms with Crippen LogP contribution >= 0.6 is 23.2 Å². The second-order valence-electron chi connectivity index (χ2n) is 4.83. The van der Waals surface area contributed by atoms with Gasteiger partial charge in [-0.3, -0.25) is 0 Å². The molecular formula is C16H9Cl2F3N2. The average Bonchev–Trinajstić information content (AvgIpc) is 2.92. The van der Waals surface area contributed by atoms with Gasteiger partial charge in [0.2, 0.25) is 5.82 Å². The van der Waals surface area contributed by atoms with E-state index in [1.54, 1.807) is 48.5 Å². The molecule has 1 N–H and O–H groups in total. The van der Waals surface area contributed by atoms with Gasteiger partial charge in [0.15, 0.2) is 0 Å². The van der Waals surface area contributed by atoms with Crippen molar-refractivity contribution in [1.82, 2.24) is 9.97 Å². The van der Waals surface area contributed by atoms with Gasteiger partial charge in [-0.15, -0.1) is 0 Å². The highest BCUT2D eigenvalue weighted by atomic mass is 35.5. The van der Waals surface area contributed by atoms with Crippen molar-refractivity contribution in [2.75, 3.05) is 0 Å². The predicted molar refractivity (Wildman–Crippen MR) is 84.5 cm³/mol. The molecule has 3 aromatic rings. The van der Waals surface area contributed by atoms with Crippen molar-refractivity contribution in [3.8, 4) is 22.5 Å². The maximum absolute atomic E-state index is 13.0.